The summed E-state index contributed by atoms with van der Waals surface area (Å²) in [6, 6.07) is 0. The molecule has 0 spiro atoms. The Bertz CT molecular complexity index is 76.2. The Kier molecular flexibility index (Phi) is 12.9. The summed E-state index contributed by atoms with van der Waals surface area (Å²) in [6.45, 7) is 0.616. The third-order valence-corrected chi connectivity index (χ3v) is 2.87. The Labute approximate surface area is 91.6 Å². The Morgan fingerprint density at radius 3 is 1.38 bits per heavy atom. The van der Waals surface area contributed by atoms with Crippen LogP contribution >= 0.6 is 15.9 Å². The summed E-state index contributed by atoms with van der Waals surface area (Å²) in [5.74, 6) is 0. The van der Waals surface area contributed by atoms with E-state index in [9.17, 15) is 0 Å². The second-order valence-corrected chi connectivity index (χ2v) is 4.41. The van der Waals surface area contributed by atoms with Gasteiger partial charge >= 0.3 is 0 Å². The molecule has 1 radical (unpaired) electrons. The Balaban J connectivity index is 2.76. The number of alkyl halides is 1. The van der Waals surface area contributed by atoms with E-state index in [1.165, 1.54) is 51.4 Å². The van der Waals surface area contributed by atoms with Crippen LogP contribution in [0.1, 0.15) is 57.8 Å². The van der Waals surface area contributed by atoms with E-state index in [0.29, 0.717) is 6.54 Å². The van der Waals surface area contributed by atoms with Crippen LogP contribution in [-0.4, -0.2) is 11.9 Å². The molecule has 0 saturated carbocycles. The van der Waals surface area contributed by atoms with Crippen LogP contribution in [0.15, 0.2) is 0 Å². The van der Waals surface area contributed by atoms with Crippen molar-refractivity contribution in [3.05, 3.63) is 0 Å². The first-order chi connectivity index (χ1) is 6.41. The first kappa shape index (κ1) is 13.4. The van der Waals surface area contributed by atoms with E-state index < -0.39 is 0 Å². The number of rotatable bonds is 10. The second kappa shape index (κ2) is 12.4. The Morgan fingerprint density at radius 2 is 1.00 bits per heavy atom. The third-order valence-electron chi connectivity index (χ3n) is 2.31. The largest absolute Gasteiger partial charge is 0.258 e. The molecule has 79 valence electrons. The minimum Gasteiger partial charge on any atom is -0.258 e. The van der Waals surface area contributed by atoms with E-state index >= 15 is 0 Å². The van der Waals surface area contributed by atoms with Crippen LogP contribution in [0.2, 0.25) is 0 Å². The fraction of sp³-hybridized carbons (Fsp3) is 1.00. The fourth-order valence-electron chi connectivity index (χ4n) is 1.46. The minimum atomic E-state index is 0.616. The van der Waals surface area contributed by atoms with E-state index in [2.05, 4.69) is 15.9 Å². The Morgan fingerprint density at radius 1 is 0.615 bits per heavy atom. The number of nitrogens with one attached hydrogen (secondary N) is 1. The van der Waals surface area contributed by atoms with E-state index in [1.54, 1.807) is 0 Å². The van der Waals surface area contributed by atoms with E-state index in [0.717, 1.165) is 11.8 Å². The van der Waals surface area contributed by atoms with Gasteiger partial charge in [0.2, 0.25) is 0 Å². The first-order valence-electron chi connectivity index (χ1n) is 5.62. The molecule has 2 heteroatoms. The smallest absolute Gasteiger partial charge is 0.00997 e. The van der Waals surface area contributed by atoms with Gasteiger partial charge in [-0.1, -0.05) is 60.9 Å². The van der Waals surface area contributed by atoms with Crippen molar-refractivity contribution in [3.63, 3.8) is 0 Å². The molecule has 0 heterocycles. The maximum absolute atomic E-state index is 6.99. The van der Waals surface area contributed by atoms with Crippen LogP contribution in [0.4, 0.5) is 0 Å². The summed E-state index contributed by atoms with van der Waals surface area (Å²) in [6.07, 6.45) is 12.0. The van der Waals surface area contributed by atoms with Crippen molar-refractivity contribution < 1.29 is 0 Å². The van der Waals surface area contributed by atoms with E-state index in [-0.39, 0.29) is 0 Å². The average molecular weight is 249 g/mol. The number of unbranched alkanes of at least 4 members (excludes halogenated alkanes) is 8. The highest BCUT2D eigenvalue weighted by atomic mass is 79.9. The molecule has 0 aromatic carbocycles. The van der Waals surface area contributed by atoms with Gasteiger partial charge in [0.05, 0.1) is 0 Å². The molecule has 0 aromatic heterocycles. The third kappa shape index (κ3) is 12.4. The van der Waals surface area contributed by atoms with Gasteiger partial charge in [0, 0.05) is 11.9 Å². The second-order valence-electron chi connectivity index (χ2n) is 3.62. The lowest BCUT2D eigenvalue weighted by Crippen LogP contribution is -1.86. The van der Waals surface area contributed by atoms with Crippen LogP contribution in [0.3, 0.4) is 0 Å². The lowest BCUT2D eigenvalue weighted by molar-refractivity contribution is 0.567. The van der Waals surface area contributed by atoms with Crippen molar-refractivity contribution in [1.82, 2.24) is 5.73 Å². The topological polar surface area (TPSA) is 23.8 Å². The molecule has 0 unspecified atom stereocenters. The molecule has 0 fully saturated rings. The van der Waals surface area contributed by atoms with Gasteiger partial charge < -0.3 is 0 Å². The molecular formula is C11H23BrN. The van der Waals surface area contributed by atoms with Crippen LogP contribution in [0.5, 0.6) is 0 Å². The van der Waals surface area contributed by atoms with Crippen molar-refractivity contribution in [1.29, 1.82) is 0 Å². The molecule has 0 rings (SSSR count). The summed E-state index contributed by atoms with van der Waals surface area (Å²) < 4.78 is 0. The van der Waals surface area contributed by atoms with E-state index in [1.807, 2.05) is 0 Å². The molecule has 0 aliphatic carbocycles. The number of hydrogen-bond acceptors (Lipinski definition) is 0. The normalized spacial score (nSPS) is 10.6. The SMILES string of the molecule is [NH]CCCCCCCCCCCBr. The molecule has 0 bridgehead atoms. The van der Waals surface area contributed by atoms with Gasteiger partial charge in [-0.2, -0.15) is 0 Å². The zero-order valence-electron chi connectivity index (χ0n) is 8.66. The zero-order chi connectivity index (χ0) is 9.78. The predicted molar refractivity (Wildman–Crippen MR) is 63.3 cm³/mol. The summed E-state index contributed by atoms with van der Waals surface area (Å²) in [4.78, 5) is 0. The number of hydrogen-bond donors (Lipinski definition) is 0. The van der Waals surface area contributed by atoms with Crippen molar-refractivity contribution >= 4 is 15.9 Å². The summed E-state index contributed by atoms with van der Waals surface area (Å²) in [5, 5.41) is 1.16. The maximum Gasteiger partial charge on any atom is 0.00997 e. The molecule has 13 heavy (non-hydrogen) atoms. The molecule has 0 aliphatic heterocycles. The average Bonchev–Trinajstić information content (AvgIpc) is 2.16. The lowest BCUT2D eigenvalue weighted by atomic mass is 10.1. The van der Waals surface area contributed by atoms with Gasteiger partial charge in [0.1, 0.15) is 0 Å². The van der Waals surface area contributed by atoms with Gasteiger partial charge in [0.25, 0.3) is 0 Å². The van der Waals surface area contributed by atoms with Crippen LogP contribution < -0.4 is 5.73 Å². The van der Waals surface area contributed by atoms with Crippen LogP contribution in [0.25, 0.3) is 0 Å². The highest BCUT2D eigenvalue weighted by Gasteiger charge is 1.91. The fourth-order valence-corrected chi connectivity index (χ4v) is 1.85. The molecule has 0 amide bonds. The monoisotopic (exact) mass is 248 g/mol. The first-order valence-corrected chi connectivity index (χ1v) is 6.74. The van der Waals surface area contributed by atoms with Crippen LogP contribution in [-0.2, 0) is 0 Å². The highest BCUT2D eigenvalue weighted by Crippen LogP contribution is 2.09. The molecule has 0 aliphatic rings. The predicted octanol–water partition coefficient (Wildman–Crippen LogP) is 4.18. The van der Waals surface area contributed by atoms with Crippen LogP contribution in [0, 0.1) is 0 Å². The quantitative estimate of drug-likeness (QED) is 0.410. The van der Waals surface area contributed by atoms with E-state index in [4.69, 9.17) is 5.73 Å². The summed E-state index contributed by atoms with van der Waals surface area (Å²) in [7, 11) is 0. The Hall–Kier alpha value is 0.440. The standard InChI is InChI=1S/C11H23BrN/c12-10-8-6-4-2-1-3-5-7-9-11-13/h13H,1-11H2. The molecule has 0 atom stereocenters. The van der Waals surface area contributed by atoms with Gasteiger partial charge in [-0.05, 0) is 12.8 Å². The molecule has 1 nitrogen and oxygen atoms in total. The number of halogens is 1. The van der Waals surface area contributed by atoms with Crippen molar-refractivity contribution in [2.45, 2.75) is 57.8 Å². The molecule has 0 saturated heterocycles. The maximum atomic E-state index is 6.99. The highest BCUT2D eigenvalue weighted by molar-refractivity contribution is 9.09. The van der Waals surface area contributed by atoms with Gasteiger partial charge in [-0.25, -0.2) is 0 Å². The summed E-state index contributed by atoms with van der Waals surface area (Å²) in [5.41, 5.74) is 6.99. The zero-order valence-corrected chi connectivity index (χ0v) is 10.2. The minimum absolute atomic E-state index is 0.616. The van der Waals surface area contributed by atoms with Gasteiger partial charge in [-0.3, -0.25) is 5.73 Å². The molecule has 1 N–H and O–H groups in total. The van der Waals surface area contributed by atoms with Gasteiger partial charge in [0.15, 0.2) is 0 Å². The lowest BCUT2D eigenvalue weighted by Gasteiger charge is -2.00. The molecular weight excluding hydrogens is 226 g/mol. The van der Waals surface area contributed by atoms with Crippen molar-refractivity contribution in [2.24, 2.45) is 0 Å². The van der Waals surface area contributed by atoms with Gasteiger partial charge in [-0.15, -0.1) is 0 Å². The summed E-state index contributed by atoms with van der Waals surface area (Å²) >= 11 is 3.44. The molecule has 0 aromatic rings. The van der Waals surface area contributed by atoms with Crippen molar-refractivity contribution in [2.75, 3.05) is 11.9 Å². The van der Waals surface area contributed by atoms with Crippen molar-refractivity contribution in [3.8, 4) is 0 Å².